The molecule has 0 fully saturated rings. The number of nitrogens with one attached hydrogen (secondary N) is 1. The Hall–Kier alpha value is -1.26. The van der Waals surface area contributed by atoms with E-state index in [2.05, 4.69) is 19.2 Å². The third-order valence-electron chi connectivity index (χ3n) is 2.81. The minimum Gasteiger partial charge on any atom is -0.454 e. The maximum Gasteiger partial charge on any atom is 0.231 e. The number of hydrogen-bond acceptors (Lipinski definition) is 4. The van der Waals surface area contributed by atoms with Gasteiger partial charge in [-0.2, -0.15) is 0 Å². The molecule has 2 unspecified atom stereocenters. The van der Waals surface area contributed by atoms with Gasteiger partial charge in [0.15, 0.2) is 11.5 Å². The highest BCUT2D eigenvalue weighted by Crippen LogP contribution is 2.34. The predicted molar refractivity (Wildman–Crippen MR) is 65.3 cm³/mol. The lowest BCUT2D eigenvalue weighted by molar-refractivity contribution is 0.131. The van der Waals surface area contributed by atoms with E-state index in [4.69, 9.17) is 9.47 Å². The molecule has 0 saturated carbocycles. The number of ether oxygens (including phenoxy) is 2. The molecule has 0 amide bonds. The van der Waals surface area contributed by atoms with Gasteiger partial charge in [-0.25, -0.2) is 0 Å². The Morgan fingerprint density at radius 2 is 1.88 bits per heavy atom. The van der Waals surface area contributed by atoms with Crippen molar-refractivity contribution in [3.8, 4) is 11.5 Å². The van der Waals surface area contributed by atoms with Gasteiger partial charge >= 0.3 is 0 Å². The average Bonchev–Trinajstić information content (AvgIpc) is 2.73. The Labute approximate surface area is 102 Å². The Morgan fingerprint density at radius 1 is 1.18 bits per heavy atom. The van der Waals surface area contributed by atoms with E-state index >= 15 is 0 Å². The quantitative estimate of drug-likeness (QED) is 0.839. The van der Waals surface area contributed by atoms with Crippen LogP contribution in [0.1, 0.15) is 32.4 Å². The highest BCUT2D eigenvalue weighted by molar-refractivity contribution is 5.45. The zero-order valence-electron chi connectivity index (χ0n) is 10.4. The summed E-state index contributed by atoms with van der Waals surface area (Å²) in [4.78, 5) is 0. The molecule has 0 radical (unpaired) electrons. The highest BCUT2D eigenvalue weighted by Gasteiger charge is 2.20. The summed E-state index contributed by atoms with van der Waals surface area (Å²) >= 11 is 0. The molecule has 1 aromatic rings. The van der Waals surface area contributed by atoms with Crippen LogP contribution in [0.2, 0.25) is 0 Å². The Kier molecular flexibility index (Phi) is 3.54. The second-order valence-corrected chi connectivity index (χ2v) is 4.67. The molecule has 1 aromatic carbocycles. The van der Waals surface area contributed by atoms with Crippen LogP contribution in [0.15, 0.2) is 18.2 Å². The van der Waals surface area contributed by atoms with Gasteiger partial charge in [0.2, 0.25) is 6.79 Å². The molecule has 1 aliphatic rings. The van der Waals surface area contributed by atoms with Crippen molar-refractivity contribution >= 4 is 0 Å². The number of rotatable bonds is 4. The van der Waals surface area contributed by atoms with Crippen LogP contribution in [0.25, 0.3) is 0 Å². The maximum atomic E-state index is 10.2. The fraction of sp³-hybridized carbons (Fsp3) is 0.538. The van der Waals surface area contributed by atoms with E-state index in [9.17, 15) is 5.11 Å². The summed E-state index contributed by atoms with van der Waals surface area (Å²) < 4.78 is 10.5. The van der Waals surface area contributed by atoms with E-state index in [1.165, 1.54) is 0 Å². The summed E-state index contributed by atoms with van der Waals surface area (Å²) in [7, 11) is 0. The molecule has 4 heteroatoms. The molecule has 0 saturated heterocycles. The lowest BCUT2D eigenvalue weighted by Crippen LogP contribution is -2.36. The zero-order chi connectivity index (χ0) is 12.4. The summed E-state index contributed by atoms with van der Waals surface area (Å²) in [6.07, 6.45) is -0.549. The predicted octanol–water partition coefficient (Wildman–Crippen LogP) is 1.84. The first-order chi connectivity index (χ1) is 8.08. The van der Waals surface area contributed by atoms with Crippen LogP contribution in [-0.2, 0) is 0 Å². The van der Waals surface area contributed by atoms with Gasteiger partial charge < -0.3 is 19.9 Å². The van der Waals surface area contributed by atoms with Crippen LogP contribution in [-0.4, -0.2) is 24.0 Å². The van der Waals surface area contributed by atoms with Crippen molar-refractivity contribution in [1.82, 2.24) is 5.32 Å². The molecular formula is C13H19NO3. The van der Waals surface area contributed by atoms with Crippen molar-refractivity contribution in [2.24, 2.45) is 0 Å². The molecule has 4 nitrogen and oxygen atoms in total. The van der Waals surface area contributed by atoms with Crippen molar-refractivity contribution < 1.29 is 14.6 Å². The van der Waals surface area contributed by atoms with Crippen LogP contribution in [0.3, 0.4) is 0 Å². The molecule has 94 valence electrons. The van der Waals surface area contributed by atoms with E-state index in [1.54, 1.807) is 0 Å². The normalized spacial score (nSPS) is 17.2. The number of fused-ring (bicyclic) bond motifs is 1. The van der Waals surface area contributed by atoms with Gasteiger partial charge in [0.1, 0.15) is 0 Å². The molecule has 2 N–H and O–H groups in total. The summed E-state index contributed by atoms with van der Waals surface area (Å²) in [5.41, 5.74) is 0.843. The number of benzene rings is 1. The Morgan fingerprint density at radius 3 is 2.59 bits per heavy atom. The van der Waals surface area contributed by atoms with Crippen molar-refractivity contribution in [2.45, 2.75) is 39.0 Å². The molecule has 0 aliphatic carbocycles. The molecule has 1 aliphatic heterocycles. The van der Waals surface area contributed by atoms with Crippen LogP contribution in [0.4, 0.5) is 0 Å². The first-order valence-electron chi connectivity index (χ1n) is 5.91. The van der Waals surface area contributed by atoms with Gasteiger partial charge in [-0.1, -0.05) is 19.9 Å². The van der Waals surface area contributed by atoms with Crippen molar-refractivity contribution in [1.29, 1.82) is 0 Å². The lowest BCUT2D eigenvalue weighted by atomic mass is 10.0. The molecule has 2 rings (SSSR count). The van der Waals surface area contributed by atoms with Crippen LogP contribution >= 0.6 is 0 Å². The van der Waals surface area contributed by atoms with E-state index in [1.807, 2.05) is 25.1 Å². The molecule has 0 bridgehead atoms. The summed E-state index contributed by atoms with van der Waals surface area (Å²) in [6.45, 7) is 6.34. The fourth-order valence-electron chi connectivity index (χ4n) is 2.00. The first kappa shape index (κ1) is 12.2. The van der Waals surface area contributed by atoms with Crippen LogP contribution in [0.5, 0.6) is 11.5 Å². The monoisotopic (exact) mass is 237 g/mol. The third kappa shape index (κ3) is 2.70. The van der Waals surface area contributed by atoms with Gasteiger partial charge in [-0.15, -0.1) is 0 Å². The SMILES string of the molecule is CC(C)NC(C)C(O)c1ccc2c(c1)OCO2. The van der Waals surface area contributed by atoms with E-state index in [0.29, 0.717) is 11.8 Å². The second-order valence-electron chi connectivity index (χ2n) is 4.67. The largest absolute Gasteiger partial charge is 0.454 e. The number of aliphatic hydroxyl groups excluding tert-OH is 1. The molecule has 17 heavy (non-hydrogen) atoms. The van der Waals surface area contributed by atoms with Crippen LogP contribution < -0.4 is 14.8 Å². The zero-order valence-corrected chi connectivity index (χ0v) is 10.4. The summed E-state index contributed by atoms with van der Waals surface area (Å²) in [5.74, 6) is 1.45. The van der Waals surface area contributed by atoms with Crippen LogP contribution in [0, 0.1) is 0 Å². The first-order valence-corrected chi connectivity index (χ1v) is 5.91. The fourth-order valence-corrected chi connectivity index (χ4v) is 2.00. The van der Waals surface area contributed by atoms with Gasteiger partial charge in [-0.05, 0) is 24.6 Å². The minimum atomic E-state index is -0.549. The molecule has 2 atom stereocenters. The third-order valence-corrected chi connectivity index (χ3v) is 2.81. The van der Waals surface area contributed by atoms with Gasteiger partial charge in [0.25, 0.3) is 0 Å². The molecule has 1 heterocycles. The average molecular weight is 237 g/mol. The smallest absolute Gasteiger partial charge is 0.231 e. The summed E-state index contributed by atoms with van der Waals surface area (Å²) in [5, 5.41) is 13.5. The van der Waals surface area contributed by atoms with Crippen molar-refractivity contribution in [3.63, 3.8) is 0 Å². The van der Waals surface area contributed by atoms with Gasteiger partial charge in [0.05, 0.1) is 6.10 Å². The molecular weight excluding hydrogens is 218 g/mol. The standard InChI is InChI=1S/C13H19NO3/c1-8(2)14-9(3)13(15)10-4-5-11-12(6-10)17-7-16-11/h4-6,8-9,13-15H,7H2,1-3H3. The summed E-state index contributed by atoms with van der Waals surface area (Å²) in [6, 6.07) is 5.88. The van der Waals surface area contributed by atoms with Gasteiger partial charge in [0, 0.05) is 12.1 Å². The topological polar surface area (TPSA) is 50.7 Å². The Balaban J connectivity index is 2.11. The highest BCUT2D eigenvalue weighted by atomic mass is 16.7. The lowest BCUT2D eigenvalue weighted by Gasteiger charge is -2.23. The second kappa shape index (κ2) is 4.94. The van der Waals surface area contributed by atoms with Gasteiger partial charge in [-0.3, -0.25) is 0 Å². The number of aliphatic hydroxyl groups is 1. The van der Waals surface area contributed by atoms with E-state index in [-0.39, 0.29) is 12.8 Å². The minimum absolute atomic E-state index is 0.00429. The van der Waals surface area contributed by atoms with E-state index in [0.717, 1.165) is 11.3 Å². The van der Waals surface area contributed by atoms with Crippen molar-refractivity contribution in [2.75, 3.05) is 6.79 Å². The molecule has 0 aromatic heterocycles. The maximum absolute atomic E-state index is 10.2. The molecule has 0 spiro atoms. The van der Waals surface area contributed by atoms with E-state index < -0.39 is 6.10 Å². The Bertz CT molecular complexity index is 392. The number of hydrogen-bond donors (Lipinski definition) is 2. The van der Waals surface area contributed by atoms with Crippen molar-refractivity contribution in [3.05, 3.63) is 23.8 Å².